The summed E-state index contributed by atoms with van der Waals surface area (Å²) in [6.07, 6.45) is -1.99. The Bertz CT molecular complexity index is 767. The maximum Gasteiger partial charge on any atom is 0.313 e. The molecule has 0 saturated carbocycles. The monoisotopic (exact) mass is 449 g/mol. The number of carbonyl (C=O) groups excluding carboxylic acids is 3. The first-order valence-electron chi connectivity index (χ1n) is 11.0. The topological polar surface area (TPSA) is 91.4 Å². The molecule has 0 radical (unpaired) electrons. The Balaban J connectivity index is 2.48. The lowest BCUT2D eigenvalue weighted by Crippen LogP contribution is -2.53. The minimum Gasteiger partial charge on any atom is -0.462 e. The zero-order valence-corrected chi connectivity index (χ0v) is 19.8. The molecular formula is C24H35NO7. The van der Waals surface area contributed by atoms with Crippen LogP contribution in [0.15, 0.2) is 30.3 Å². The van der Waals surface area contributed by atoms with Gasteiger partial charge in [-0.2, -0.15) is 0 Å². The molecular weight excluding hydrogens is 414 g/mol. The first kappa shape index (κ1) is 25.8. The SMILES string of the molecule is COCOC1CC(=O)O[C@H](C)[C@H](C)C(=O)OC(C(C)C)C(=O)N(C)[C@H]1Cc1ccccc1. The second kappa shape index (κ2) is 12.0. The van der Waals surface area contributed by atoms with Crippen LogP contribution in [-0.2, 0) is 39.8 Å². The fourth-order valence-corrected chi connectivity index (χ4v) is 3.62. The summed E-state index contributed by atoms with van der Waals surface area (Å²) in [4.78, 5) is 40.4. The molecule has 0 aromatic heterocycles. The summed E-state index contributed by atoms with van der Waals surface area (Å²) in [6, 6.07) is 9.11. The van der Waals surface area contributed by atoms with Gasteiger partial charge in [-0.15, -0.1) is 0 Å². The number of hydrogen-bond donors (Lipinski definition) is 0. The van der Waals surface area contributed by atoms with E-state index in [-0.39, 0.29) is 25.0 Å². The van der Waals surface area contributed by atoms with Crippen molar-refractivity contribution in [2.45, 2.75) is 64.9 Å². The lowest BCUT2D eigenvalue weighted by Gasteiger charge is -2.37. The molecule has 1 heterocycles. The third kappa shape index (κ3) is 6.77. The predicted octanol–water partition coefficient (Wildman–Crippen LogP) is 2.58. The number of rotatable bonds is 6. The van der Waals surface area contributed by atoms with Crippen molar-refractivity contribution in [3.63, 3.8) is 0 Å². The van der Waals surface area contributed by atoms with E-state index in [0.29, 0.717) is 6.42 Å². The van der Waals surface area contributed by atoms with Crippen LogP contribution in [-0.4, -0.2) is 68.0 Å². The van der Waals surface area contributed by atoms with Gasteiger partial charge >= 0.3 is 11.9 Å². The molecule has 0 aliphatic carbocycles. The number of hydrogen-bond acceptors (Lipinski definition) is 7. The summed E-state index contributed by atoms with van der Waals surface area (Å²) in [6.45, 7) is 6.87. The van der Waals surface area contributed by atoms with Gasteiger partial charge in [-0.3, -0.25) is 14.4 Å². The van der Waals surface area contributed by atoms with Crippen LogP contribution < -0.4 is 0 Å². The van der Waals surface area contributed by atoms with Gasteiger partial charge < -0.3 is 23.8 Å². The highest BCUT2D eigenvalue weighted by molar-refractivity contribution is 5.85. The number of nitrogens with zero attached hydrogens (tertiary/aromatic N) is 1. The Hall–Kier alpha value is -2.45. The molecule has 1 aliphatic heterocycles. The van der Waals surface area contributed by atoms with Gasteiger partial charge in [0.2, 0.25) is 0 Å². The van der Waals surface area contributed by atoms with Crippen molar-refractivity contribution < 1.29 is 33.3 Å². The Morgan fingerprint density at radius 1 is 1.09 bits per heavy atom. The molecule has 8 heteroatoms. The number of esters is 2. The summed E-state index contributed by atoms with van der Waals surface area (Å²) in [7, 11) is 3.14. The van der Waals surface area contributed by atoms with Gasteiger partial charge in [-0.05, 0) is 31.7 Å². The molecule has 0 N–H and O–H groups in total. The molecule has 1 aliphatic rings. The zero-order chi connectivity index (χ0) is 23.8. The van der Waals surface area contributed by atoms with Crippen LogP contribution in [0.4, 0.5) is 0 Å². The standard InChI is InChI=1S/C24H35NO7/c1-15(2)22-23(27)25(5)19(12-18-10-8-7-9-11-18)20(30-14-29-6)13-21(26)31-17(4)16(3)24(28)32-22/h7-11,15-17,19-20,22H,12-14H2,1-6H3/t16-,17+,19-,20?,22?/m0/s1. The average molecular weight is 450 g/mol. The molecule has 32 heavy (non-hydrogen) atoms. The fraction of sp³-hybridized carbons (Fsp3) is 0.625. The van der Waals surface area contributed by atoms with Crippen LogP contribution in [0.5, 0.6) is 0 Å². The van der Waals surface area contributed by atoms with Crippen LogP contribution in [0.25, 0.3) is 0 Å². The first-order chi connectivity index (χ1) is 15.1. The Kier molecular flexibility index (Phi) is 9.65. The van der Waals surface area contributed by atoms with Crippen molar-refractivity contribution >= 4 is 17.8 Å². The molecule has 178 valence electrons. The lowest BCUT2D eigenvalue weighted by molar-refractivity contribution is -0.179. The van der Waals surface area contributed by atoms with E-state index in [1.54, 1.807) is 20.9 Å². The van der Waals surface area contributed by atoms with Crippen LogP contribution in [0.3, 0.4) is 0 Å². The summed E-state index contributed by atoms with van der Waals surface area (Å²) in [5.41, 5.74) is 0.976. The number of carbonyl (C=O) groups is 3. The molecule has 0 spiro atoms. The number of ether oxygens (including phenoxy) is 4. The first-order valence-corrected chi connectivity index (χ1v) is 11.0. The molecule has 1 aromatic rings. The molecule has 5 atom stereocenters. The predicted molar refractivity (Wildman–Crippen MR) is 118 cm³/mol. The number of amides is 1. The van der Waals surface area contributed by atoms with Crippen molar-refractivity contribution in [3.8, 4) is 0 Å². The third-order valence-electron chi connectivity index (χ3n) is 5.82. The van der Waals surface area contributed by atoms with E-state index < -0.39 is 42.2 Å². The fourth-order valence-electron chi connectivity index (χ4n) is 3.62. The van der Waals surface area contributed by atoms with Gasteiger partial charge in [-0.25, -0.2) is 0 Å². The van der Waals surface area contributed by atoms with Gasteiger partial charge in [0.25, 0.3) is 5.91 Å². The normalized spacial score (nSPS) is 28.0. The van der Waals surface area contributed by atoms with E-state index in [1.165, 1.54) is 12.0 Å². The molecule has 1 aromatic carbocycles. The second-order valence-corrected chi connectivity index (χ2v) is 8.61. The molecule has 8 nitrogen and oxygen atoms in total. The van der Waals surface area contributed by atoms with Crippen LogP contribution in [0.2, 0.25) is 0 Å². The summed E-state index contributed by atoms with van der Waals surface area (Å²) < 4.78 is 22.1. The minimum atomic E-state index is -0.960. The maximum absolute atomic E-state index is 13.5. The second-order valence-electron chi connectivity index (χ2n) is 8.61. The van der Waals surface area contributed by atoms with E-state index in [0.717, 1.165) is 5.56 Å². The Morgan fingerprint density at radius 3 is 2.34 bits per heavy atom. The maximum atomic E-state index is 13.5. The summed E-state index contributed by atoms with van der Waals surface area (Å²) in [5.74, 6) is -2.38. The molecule has 1 amide bonds. The number of likely N-dealkylation sites (N-methyl/N-ethyl adjacent to an activating group) is 1. The molecule has 1 saturated heterocycles. The van der Waals surface area contributed by atoms with E-state index in [2.05, 4.69) is 0 Å². The van der Waals surface area contributed by atoms with Crippen molar-refractivity contribution in [1.82, 2.24) is 4.90 Å². The number of methoxy groups -OCH3 is 1. The van der Waals surface area contributed by atoms with Crippen LogP contribution >= 0.6 is 0 Å². The minimum absolute atomic E-state index is 0.0418. The summed E-state index contributed by atoms with van der Waals surface area (Å²) >= 11 is 0. The van der Waals surface area contributed by atoms with E-state index in [4.69, 9.17) is 18.9 Å². The van der Waals surface area contributed by atoms with Gasteiger partial charge in [0, 0.05) is 14.2 Å². The van der Waals surface area contributed by atoms with Crippen molar-refractivity contribution in [1.29, 1.82) is 0 Å². The molecule has 0 bridgehead atoms. The largest absolute Gasteiger partial charge is 0.462 e. The highest BCUT2D eigenvalue weighted by Crippen LogP contribution is 2.23. The zero-order valence-electron chi connectivity index (χ0n) is 19.8. The molecule has 2 rings (SSSR count). The quantitative estimate of drug-likeness (QED) is 0.487. The van der Waals surface area contributed by atoms with Crippen LogP contribution in [0, 0.1) is 11.8 Å². The average Bonchev–Trinajstić information content (AvgIpc) is 2.76. The highest BCUT2D eigenvalue weighted by Gasteiger charge is 2.39. The van der Waals surface area contributed by atoms with E-state index >= 15 is 0 Å². The molecule has 1 fully saturated rings. The molecule has 2 unspecified atom stereocenters. The Morgan fingerprint density at radius 2 is 1.75 bits per heavy atom. The smallest absolute Gasteiger partial charge is 0.313 e. The van der Waals surface area contributed by atoms with Gasteiger partial charge in [0.05, 0.1) is 24.5 Å². The van der Waals surface area contributed by atoms with Crippen molar-refractivity contribution in [2.24, 2.45) is 11.8 Å². The van der Waals surface area contributed by atoms with E-state index in [1.807, 2.05) is 44.2 Å². The number of cyclic esters (lactones) is 2. The third-order valence-corrected chi connectivity index (χ3v) is 5.82. The Labute approximate surface area is 190 Å². The highest BCUT2D eigenvalue weighted by atomic mass is 16.7. The van der Waals surface area contributed by atoms with Gasteiger partial charge in [0.1, 0.15) is 12.9 Å². The van der Waals surface area contributed by atoms with Crippen LogP contribution in [0.1, 0.15) is 39.7 Å². The van der Waals surface area contributed by atoms with Crippen molar-refractivity contribution in [2.75, 3.05) is 21.0 Å². The lowest BCUT2D eigenvalue weighted by atomic mass is 9.95. The number of benzene rings is 1. The van der Waals surface area contributed by atoms with Gasteiger partial charge in [0.15, 0.2) is 6.10 Å². The summed E-state index contributed by atoms with van der Waals surface area (Å²) in [5, 5.41) is 0. The van der Waals surface area contributed by atoms with Gasteiger partial charge in [-0.1, -0.05) is 44.2 Å². The van der Waals surface area contributed by atoms with E-state index in [9.17, 15) is 14.4 Å². The van der Waals surface area contributed by atoms with Crippen molar-refractivity contribution in [3.05, 3.63) is 35.9 Å².